The molecule has 0 aliphatic heterocycles. The summed E-state index contributed by atoms with van der Waals surface area (Å²) in [6.45, 7) is 1.76. The van der Waals surface area contributed by atoms with Gasteiger partial charge in [-0.05, 0) is 43.9 Å². The van der Waals surface area contributed by atoms with E-state index in [-0.39, 0.29) is 19.2 Å². The molecule has 2 N–H and O–H groups in total. The molecule has 0 unspecified atom stereocenters. The lowest BCUT2D eigenvalue weighted by atomic mass is 10.0. The third-order valence-electron chi connectivity index (χ3n) is 8.78. The van der Waals surface area contributed by atoms with Crippen molar-refractivity contribution in [2.24, 2.45) is 0 Å². The summed E-state index contributed by atoms with van der Waals surface area (Å²) in [6.07, 6.45) is 31.8. The molecule has 1 amide bonds. The average molecular weight is 646 g/mol. The minimum atomic E-state index is -0.738. The zero-order chi connectivity index (χ0) is 33.3. The van der Waals surface area contributed by atoms with E-state index in [1.54, 1.807) is 24.3 Å². The molecule has 264 valence electrons. The predicted molar refractivity (Wildman–Crippen MR) is 191 cm³/mol. The van der Waals surface area contributed by atoms with Gasteiger partial charge in [0.15, 0.2) is 0 Å². The van der Waals surface area contributed by atoms with Crippen molar-refractivity contribution in [1.82, 2.24) is 5.32 Å². The number of allylic oxidation sites excluding steroid dienone is 1. The quantitative estimate of drug-likeness (QED) is 0.0464. The monoisotopic (exact) mass is 646 g/mol. The molecule has 0 bridgehead atoms. The minimum Gasteiger partial charge on any atom is -0.452 e. The first kappa shape index (κ1) is 41.8. The van der Waals surface area contributed by atoms with Crippen molar-refractivity contribution in [2.75, 3.05) is 13.3 Å². The van der Waals surface area contributed by atoms with Gasteiger partial charge in [0.05, 0.1) is 24.9 Å². The summed E-state index contributed by atoms with van der Waals surface area (Å²) in [5.41, 5.74) is 0.447. The lowest BCUT2D eigenvalue weighted by Gasteiger charge is -2.24. The summed E-state index contributed by atoms with van der Waals surface area (Å²) in [7, 11) is 0. The van der Waals surface area contributed by atoms with Crippen LogP contribution < -0.4 is 5.32 Å². The van der Waals surface area contributed by atoms with E-state index in [4.69, 9.17) is 4.74 Å². The number of alkyl halides is 1. The van der Waals surface area contributed by atoms with Crippen LogP contribution in [0.15, 0.2) is 42.5 Å². The minimum absolute atomic E-state index is 0.119. The van der Waals surface area contributed by atoms with Crippen LogP contribution in [0.1, 0.15) is 178 Å². The molecule has 46 heavy (non-hydrogen) atoms. The second kappa shape index (κ2) is 31.4. The molecule has 1 aromatic rings. The third kappa shape index (κ3) is 24.0. The SMILES string of the molecule is CCCCCCCCCCCCC/C=C/[C@@H](OC(=O)c1ccccc1)[C@H](CO)NC(=O)CCCCCCCCCCCCCCF. The number of benzene rings is 1. The van der Waals surface area contributed by atoms with Gasteiger partial charge in [-0.1, -0.05) is 160 Å². The smallest absolute Gasteiger partial charge is 0.338 e. The number of carbonyl (C=O) groups excluding carboxylic acids is 2. The van der Waals surface area contributed by atoms with Gasteiger partial charge in [0.1, 0.15) is 6.10 Å². The molecule has 1 aromatic carbocycles. The molecule has 1 rings (SSSR count). The van der Waals surface area contributed by atoms with Crippen LogP contribution in [0, 0.1) is 0 Å². The van der Waals surface area contributed by atoms with Crippen molar-refractivity contribution in [1.29, 1.82) is 0 Å². The number of esters is 1. The Morgan fingerprint density at radius 3 is 1.70 bits per heavy atom. The normalized spacial score (nSPS) is 12.8. The van der Waals surface area contributed by atoms with E-state index in [2.05, 4.69) is 12.2 Å². The number of aliphatic hydroxyl groups is 1. The van der Waals surface area contributed by atoms with Crippen LogP contribution in [-0.2, 0) is 9.53 Å². The Kier molecular flexibility index (Phi) is 28.5. The van der Waals surface area contributed by atoms with Gasteiger partial charge in [0.2, 0.25) is 5.91 Å². The molecule has 0 saturated heterocycles. The second-order valence-corrected chi connectivity index (χ2v) is 13.0. The maximum atomic E-state index is 12.8. The second-order valence-electron chi connectivity index (χ2n) is 13.0. The lowest BCUT2D eigenvalue weighted by Crippen LogP contribution is -2.46. The number of unbranched alkanes of at least 4 members (excludes halogenated alkanes) is 22. The van der Waals surface area contributed by atoms with E-state index in [1.165, 1.54) is 103 Å². The van der Waals surface area contributed by atoms with Crippen LogP contribution in [0.5, 0.6) is 0 Å². The highest BCUT2D eigenvalue weighted by atomic mass is 19.1. The zero-order valence-electron chi connectivity index (χ0n) is 29.3. The van der Waals surface area contributed by atoms with Gasteiger partial charge in [-0.3, -0.25) is 9.18 Å². The number of ether oxygens (including phenoxy) is 1. The molecule has 0 radical (unpaired) electrons. The number of amides is 1. The van der Waals surface area contributed by atoms with Crippen LogP contribution in [0.3, 0.4) is 0 Å². The van der Waals surface area contributed by atoms with Crippen LogP contribution in [0.4, 0.5) is 4.39 Å². The Morgan fingerprint density at radius 2 is 1.20 bits per heavy atom. The highest BCUT2D eigenvalue weighted by Crippen LogP contribution is 2.15. The number of hydrogen-bond donors (Lipinski definition) is 2. The zero-order valence-corrected chi connectivity index (χ0v) is 29.3. The first-order chi connectivity index (χ1) is 22.6. The number of carbonyl (C=O) groups is 2. The van der Waals surface area contributed by atoms with Crippen LogP contribution in [-0.4, -0.2) is 42.4 Å². The maximum absolute atomic E-state index is 12.8. The van der Waals surface area contributed by atoms with Crippen molar-refractivity contribution in [3.8, 4) is 0 Å². The van der Waals surface area contributed by atoms with Gasteiger partial charge in [0, 0.05) is 6.42 Å². The van der Waals surface area contributed by atoms with Gasteiger partial charge in [0.25, 0.3) is 0 Å². The average Bonchev–Trinajstić information content (AvgIpc) is 3.07. The summed E-state index contributed by atoms with van der Waals surface area (Å²) in [4.78, 5) is 25.6. The molecule has 2 atom stereocenters. The summed E-state index contributed by atoms with van der Waals surface area (Å²) >= 11 is 0. The fourth-order valence-electron chi connectivity index (χ4n) is 5.84. The van der Waals surface area contributed by atoms with Crippen LogP contribution in [0.25, 0.3) is 0 Å². The highest BCUT2D eigenvalue weighted by molar-refractivity contribution is 5.89. The Bertz CT molecular complexity index is 862. The summed E-state index contributed by atoms with van der Waals surface area (Å²) in [5.74, 6) is -0.583. The molecule has 0 saturated carbocycles. The van der Waals surface area contributed by atoms with Crippen molar-refractivity contribution in [2.45, 2.75) is 180 Å². The molecule has 5 nitrogen and oxygen atoms in total. The lowest BCUT2D eigenvalue weighted by molar-refractivity contribution is -0.123. The molecular formula is C40H68FNO4. The van der Waals surface area contributed by atoms with Crippen LogP contribution >= 0.6 is 0 Å². The third-order valence-corrected chi connectivity index (χ3v) is 8.78. The molecule has 0 fully saturated rings. The molecule has 0 aliphatic rings. The molecule has 0 aliphatic carbocycles. The molecule has 0 aromatic heterocycles. The largest absolute Gasteiger partial charge is 0.452 e. The Balaban J connectivity index is 2.37. The first-order valence-corrected chi connectivity index (χ1v) is 19.0. The topological polar surface area (TPSA) is 75.6 Å². The molecular weight excluding hydrogens is 577 g/mol. The van der Waals surface area contributed by atoms with Crippen molar-refractivity contribution in [3.05, 3.63) is 48.0 Å². The number of rotatable bonds is 32. The van der Waals surface area contributed by atoms with E-state index >= 15 is 0 Å². The van der Waals surface area contributed by atoms with E-state index in [1.807, 2.05) is 18.2 Å². The fraction of sp³-hybridized carbons (Fsp3) is 0.750. The molecule has 0 heterocycles. The fourth-order valence-corrected chi connectivity index (χ4v) is 5.84. The van der Waals surface area contributed by atoms with Crippen LogP contribution in [0.2, 0.25) is 0 Å². The first-order valence-electron chi connectivity index (χ1n) is 19.0. The highest BCUT2D eigenvalue weighted by Gasteiger charge is 2.24. The maximum Gasteiger partial charge on any atom is 0.338 e. The number of aliphatic hydroxyl groups excluding tert-OH is 1. The summed E-state index contributed by atoms with van der Waals surface area (Å²) in [6, 6.07) is 8.15. The summed E-state index contributed by atoms with van der Waals surface area (Å²) < 4.78 is 17.9. The molecule has 6 heteroatoms. The molecule has 0 spiro atoms. The van der Waals surface area contributed by atoms with E-state index in [9.17, 15) is 19.1 Å². The number of hydrogen-bond acceptors (Lipinski definition) is 4. The van der Waals surface area contributed by atoms with Crippen molar-refractivity contribution >= 4 is 11.9 Å². The standard InChI is InChI=1S/C40H68FNO4/c1-2-3-4-5-6-7-8-9-12-15-18-21-27-32-38(46-40(45)36-30-25-24-26-31-36)37(35-43)42-39(44)33-28-22-19-16-13-10-11-14-17-20-23-29-34-41/h24-27,30-32,37-38,43H,2-23,28-29,33-35H2,1H3,(H,42,44)/b32-27+/t37-,38+/m0/s1. The predicted octanol–water partition coefficient (Wildman–Crippen LogP) is 11.0. The van der Waals surface area contributed by atoms with Crippen molar-refractivity contribution < 1.29 is 23.8 Å². The van der Waals surface area contributed by atoms with Crippen molar-refractivity contribution in [3.63, 3.8) is 0 Å². The Labute approximate surface area is 281 Å². The Hall–Kier alpha value is -2.21. The van der Waals surface area contributed by atoms with Gasteiger partial charge >= 0.3 is 5.97 Å². The van der Waals surface area contributed by atoms with Gasteiger partial charge < -0.3 is 15.2 Å². The number of nitrogens with one attached hydrogen (secondary N) is 1. The van der Waals surface area contributed by atoms with Gasteiger partial charge in [-0.2, -0.15) is 0 Å². The Morgan fingerprint density at radius 1 is 0.717 bits per heavy atom. The van der Waals surface area contributed by atoms with E-state index < -0.39 is 18.1 Å². The number of halogens is 1. The van der Waals surface area contributed by atoms with E-state index in [0.717, 1.165) is 44.9 Å². The van der Waals surface area contributed by atoms with E-state index in [0.29, 0.717) is 18.4 Å². The summed E-state index contributed by atoms with van der Waals surface area (Å²) in [5, 5.41) is 13.1. The van der Waals surface area contributed by atoms with Gasteiger partial charge in [-0.25, -0.2) is 4.79 Å². The van der Waals surface area contributed by atoms with Gasteiger partial charge in [-0.15, -0.1) is 0 Å².